The lowest BCUT2D eigenvalue weighted by atomic mass is 10.1. The third-order valence-electron chi connectivity index (χ3n) is 2.21. The van der Waals surface area contributed by atoms with Crippen LogP contribution in [0.15, 0.2) is 23.8 Å². The van der Waals surface area contributed by atoms with Gasteiger partial charge in [0.15, 0.2) is 0 Å². The Morgan fingerprint density at radius 3 is 1.89 bits per heavy atom. The summed E-state index contributed by atoms with van der Waals surface area (Å²) in [6.45, 7) is 8.41. The van der Waals surface area contributed by atoms with Crippen LogP contribution in [0.3, 0.4) is 0 Å². The topological polar surface area (TPSA) is 74.6 Å². The zero-order valence-electron chi connectivity index (χ0n) is 11.5. The van der Waals surface area contributed by atoms with Crippen LogP contribution < -0.4 is 0 Å². The monoisotopic (exact) mass is 256 g/mol. The smallest absolute Gasteiger partial charge is 0.330 e. The number of carboxylic acids is 2. The lowest BCUT2D eigenvalue weighted by molar-refractivity contribution is -0.133. The van der Waals surface area contributed by atoms with Crippen molar-refractivity contribution in [2.75, 3.05) is 0 Å². The van der Waals surface area contributed by atoms with Crippen LogP contribution in [-0.4, -0.2) is 22.2 Å². The molecule has 0 aromatic heterocycles. The summed E-state index contributed by atoms with van der Waals surface area (Å²) < 4.78 is 0. The van der Waals surface area contributed by atoms with Crippen LogP contribution in [0.1, 0.15) is 52.9 Å². The molecule has 0 bridgehead atoms. The number of carbonyl (C=O) groups is 2. The normalized spacial score (nSPS) is 10.3. The molecule has 2 N–H and O–H groups in total. The van der Waals surface area contributed by atoms with Crippen molar-refractivity contribution in [3.05, 3.63) is 23.8 Å². The number of rotatable bonds is 7. The predicted octanol–water partition coefficient (Wildman–Crippen LogP) is 3.63. The van der Waals surface area contributed by atoms with Crippen LogP contribution in [0.2, 0.25) is 0 Å². The largest absolute Gasteiger partial charge is 0.478 e. The molecule has 0 aliphatic rings. The molecule has 4 nitrogen and oxygen atoms in total. The molecule has 0 saturated heterocycles. The molecule has 0 unspecified atom stereocenters. The number of unbranched alkanes of at least 4 members (excludes halogenated alkanes) is 4. The summed E-state index contributed by atoms with van der Waals surface area (Å²) in [5.74, 6) is -1.74. The molecule has 0 fully saturated rings. The molecule has 0 aromatic carbocycles. The van der Waals surface area contributed by atoms with Gasteiger partial charge in [0.05, 0.1) is 0 Å². The first-order valence-electron chi connectivity index (χ1n) is 6.11. The van der Waals surface area contributed by atoms with E-state index < -0.39 is 11.9 Å². The second-order valence-electron chi connectivity index (χ2n) is 4.13. The minimum atomic E-state index is -0.935. The van der Waals surface area contributed by atoms with Gasteiger partial charge in [-0.25, -0.2) is 9.59 Å². The quantitative estimate of drug-likeness (QED) is 0.538. The van der Waals surface area contributed by atoms with Crippen LogP contribution in [-0.2, 0) is 9.59 Å². The first-order valence-corrected chi connectivity index (χ1v) is 6.11. The van der Waals surface area contributed by atoms with Crippen molar-refractivity contribution in [3.8, 4) is 0 Å². The van der Waals surface area contributed by atoms with Gasteiger partial charge < -0.3 is 10.2 Å². The summed E-state index contributed by atoms with van der Waals surface area (Å²) in [5.41, 5.74) is 0.640. The average molecular weight is 256 g/mol. The molecule has 0 heterocycles. The van der Waals surface area contributed by atoms with Crippen molar-refractivity contribution >= 4 is 11.9 Å². The first kappa shape index (κ1) is 18.8. The fourth-order valence-corrected chi connectivity index (χ4v) is 0.977. The Bertz CT molecular complexity index is 291. The van der Waals surface area contributed by atoms with Gasteiger partial charge in [-0.3, -0.25) is 0 Å². The van der Waals surface area contributed by atoms with E-state index in [1.807, 2.05) is 0 Å². The maximum absolute atomic E-state index is 10.4. The molecule has 0 aliphatic carbocycles. The van der Waals surface area contributed by atoms with E-state index in [9.17, 15) is 9.59 Å². The number of aliphatic carboxylic acids is 2. The third-order valence-corrected chi connectivity index (χ3v) is 2.21. The van der Waals surface area contributed by atoms with Gasteiger partial charge in [0.2, 0.25) is 0 Å². The maximum atomic E-state index is 10.4. The average Bonchev–Trinajstić information content (AvgIpc) is 2.29. The second kappa shape index (κ2) is 11.9. The standard InChI is InChI=1S/C10H18O2.C4H6O2/c1-3-4-5-6-7-8-9(2)10(11)12;1-3(2)4(5)6/h8H,3-7H2,1-2H3,(H,11,12);1H2,2H3,(H,5,6). The maximum Gasteiger partial charge on any atom is 0.330 e. The van der Waals surface area contributed by atoms with Crippen LogP contribution in [0.25, 0.3) is 0 Å². The minimum Gasteiger partial charge on any atom is -0.478 e. The van der Waals surface area contributed by atoms with Crippen LogP contribution >= 0.6 is 0 Å². The van der Waals surface area contributed by atoms with E-state index in [1.54, 1.807) is 13.0 Å². The molecule has 0 aromatic rings. The van der Waals surface area contributed by atoms with E-state index in [0.717, 1.165) is 12.8 Å². The summed E-state index contributed by atoms with van der Waals surface area (Å²) in [4.78, 5) is 20.0. The molecule has 0 aliphatic heterocycles. The Morgan fingerprint density at radius 2 is 1.56 bits per heavy atom. The molecule has 0 saturated carbocycles. The van der Waals surface area contributed by atoms with Gasteiger partial charge in [0, 0.05) is 11.1 Å². The molecule has 18 heavy (non-hydrogen) atoms. The number of allylic oxidation sites excluding steroid dienone is 1. The molecule has 0 rings (SSSR count). The summed E-state index contributed by atoms with van der Waals surface area (Å²) in [7, 11) is 0. The van der Waals surface area contributed by atoms with Crippen LogP contribution in [0.5, 0.6) is 0 Å². The highest BCUT2D eigenvalue weighted by atomic mass is 16.4. The fourth-order valence-electron chi connectivity index (χ4n) is 0.977. The van der Waals surface area contributed by atoms with Crippen molar-refractivity contribution < 1.29 is 19.8 Å². The zero-order valence-corrected chi connectivity index (χ0v) is 11.5. The SMILES string of the molecule is C=C(C)C(=O)O.CCCCCCC=C(C)C(=O)O. The van der Waals surface area contributed by atoms with Crippen molar-refractivity contribution in [1.29, 1.82) is 0 Å². The van der Waals surface area contributed by atoms with E-state index in [0.29, 0.717) is 5.57 Å². The van der Waals surface area contributed by atoms with Gasteiger partial charge in [-0.15, -0.1) is 0 Å². The van der Waals surface area contributed by atoms with Gasteiger partial charge >= 0.3 is 11.9 Å². The molecular formula is C14H24O4. The van der Waals surface area contributed by atoms with Gasteiger partial charge in [0.25, 0.3) is 0 Å². The third kappa shape index (κ3) is 14.4. The molecule has 0 spiro atoms. The summed E-state index contributed by atoms with van der Waals surface area (Å²) in [6, 6.07) is 0. The van der Waals surface area contributed by atoms with Gasteiger partial charge in [0.1, 0.15) is 0 Å². The van der Waals surface area contributed by atoms with Gasteiger partial charge in [-0.05, 0) is 26.7 Å². The number of carboxylic acid groups (broad SMARTS) is 2. The molecule has 0 atom stereocenters. The van der Waals surface area contributed by atoms with E-state index >= 15 is 0 Å². The van der Waals surface area contributed by atoms with E-state index in [2.05, 4.69) is 13.5 Å². The molecule has 0 amide bonds. The number of hydrogen-bond donors (Lipinski definition) is 2. The molecular weight excluding hydrogens is 232 g/mol. The molecule has 0 radical (unpaired) electrons. The summed E-state index contributed by atoms with van der Waals surface area (Å²) >= 11 is 0. The summed E-state index contributed by atoms with van der Waals surface area (Å²) in [5, 5.41) is 16.4. The minimum absolute atomic E-state index is 0.176. The fraction of sp³-hybridized carbons (Fsp3) is 0.571. The Morgan fingerprint density at radius 1 is 1.06 bits per heavy atom. The van der Waals surface area contributed by atoms with Gasteiger partial charge in [-0.2, -0.15) is 0 Å². The van der Waals surface area contributed by atoms with Crippen LogP contribution in [0.4, 0.5) is 0 Å². The van der Waals surface area contributed by atoms with E-state index in [-0.39, 0.29) is 5.57 Å². The van der Waals surface area contributed by atoms with Crippen LogP contribution in [0, 0.1) is 0 Å². The lowest BCUT2D eigenvalue weighted by Crippen LogP contribution is -1.95. The Kier molecular flexibility index (Phi) is 12.4. The highest BCUT2D eigenvalue weighted by Gasteiger charge is 1.97. The zero-order chi connectivity index (χ0) is 14.6. The second-order valence-corrected chi connectivity index (χ2v) is 4.13. The highest BCUT2D eigenvalue weighted by Crippen LogP contribution is 2.05. The summed E-state index contributed by atoms with van der Waals surface area (Å²) in [6.07, 6.45) is 7.50. The first-order chi connectivity index (χ1) is 8.32. The number of hydrogen-bond acceptors (Lipinski definition) is 2. The Hall–Kier alpha value is -1.58. The van der Waals surface area contributed by atoms with Crippen molar-refractivity contribution in [2.45, 2.75) is 52.9 Å². The predicted molar refractivity (Wildman–Crippen MR) is 72.6 cm³/mol. The Labute approximate surface area is 109 Å². The molecule has 104 valence electrons. The van der Waals surface area contributed by atoms with Crippen molar-refractivity contribution in [1.82, 2.24) is 0 Å². The van der Waals surface area contributed by atoms with Gasteiger partial charge in [-0.1, -0.05) is 38.8 Å². The van der Waals surface area contributed by atoms with E-state index in [4.69, 9.17) is 10.2 Å². The highest BCUT2D eigenvalue weighted by molar-refractivity contribution is 5.85. The Balaban J connectivity index is 0. The van der Waals surface area contributed by atoms with E-state index in [1.165, 1.54) is 26.2 Å². The lowest BCUT2D eigenvalue weighted by Gasteiger charge is -1.95. The van der Waals surface area contributed by atoms with Crippen molar-refractivity contribution in [2.24, 2.45) is 0 Å². The molecule has 4 heteroatoms. The van der Waals surface area contributed by atoms with Crippen molar-refractivity contribution in [3.63, 3.8) is 0 Å².